The normalized spacial score (nSPS) is 15.1. The first-order valence-corrected chi connectivity index (χ1v) is 8.69. The lowest BCUT2D eigenvalue weighted by Gasteiger charge is -2.32. The lowest BCUT2D eigenvalue weighted by molar-refractivity contribution is -0.132. The molecular weight excluding hydrogens is 332 g/mol. The Balaban J connectivity index is 1.60. The zero-order chi connectivity index (χ0) is 18.5. The Hall–Kier alpha value is -2.64. The topological polar surface area (TPSA) is 91.8 Å². The zero-order valence-corrected chi connectivity index (χ0v) is 14.9. The van der Waals surface area contributed by atoms with Crippen LogP contribution in [0.4, 0.5) is 5.69 Å². The van der Waals surface area contributed by atoms with E-state index < -0.39 is 0 Å². The Morgan fingerprint density at radius 2 is 1.96 bits per heavy atom. The third-order valence-corrected chi connectivity index (χ3v) is 4.51. The summed E-state index contributed by atoms with van der Waals surface area (Å²) in [6.45, 7) is 3.57. The minimum atomic E-state index is -0.268. The van der Waals surface area contributed by atoms with E-state index in [1.54, 1.807) is 12.1 Å². The van der Waals surface area contributed by atoms with Gasteiger partial charge in [-0.05, 0) is 30.8 Å². The van der Waals surface area contributed by atoms with Gasteiger partial charge in [0.2, 0.25) is 5.91 Å². The maximum absolute atomic E-state index is 12.5. The molecule has 1 aliphatic heterocycles. The molecule has 0 bridgehead atoms. The summed E-state index contributed by atoms with van der Waals surface area (Å²) in [6.07, 6.45) is 1.72. The fourth-order valence-corrected chi connectivity index (χ4v) is 2.91. The Bertz CT molecular complexity index is 779. The van der Waals surface area contributed by atoms with Gasteiger partial charge in [-0.2, -0.15) is 0 Å². The SMILES string of the molecule is CN1CCN(C(=O)Cc2cccc(NC(=O)c3coc(CN)c3)c2)CC1. The van der Waals surface area contributed by atoms with Crippen molar-refractivity contribution in [2.75, 3.05) is 38.5 Å². The first-order valence-electron chi connectivity index (χ1n) is 8.69. The van der Waals surface area contributed by atoms with Crippen LogP contribution < -0.4 is 11.1 Å². The van der Waals surface area contributed by atoms with Crippen LogP contribution in [0.5, 0.6) is 0 Å². The summed E-state index contributed by atoms with van der Waals surface area (Å²) in [7, 11) is 2.06. The second-order valence-electron chi connectivity index (χ2n) is 6.52. The molecule has 0 spiro atoms. The van der Waals surface area contributed by atoms with Gasteiger partial charge in [0.1, 0.15) is 12.0 Å². The van der Waals surface area contributed by atoms with Crippen LogP contribution >= 0.6 is 0 Å². The third-order valence-electron chi connectivity index (χ3n) is 4.51. The number of hydrogen-bond donors (Lipinski definition) is 2. The lowest BCUT2D eigenvalue weighted by atomic mass is 10.1. The second kappa shape index (κ2) is 8.16. The molecular formula is C19H24N4O3. The van der Waals surface area contributed by atoms with Crippen molar-refractivity contribution in [1.29, 1.82) is 0 Å². The number of amides is 2. The van der Waals surface area contributed by atoms with Crippen LogP contribution in [0.25, 0.3) is 0 Å². The van der Waals surface area contributed by atoms with Gasteiger partial charge in [-0.1, -0.05) is 12.1 Å². The number of hydrogen-bond acceptors (Lipinski definition) is 5. The molecule has 1 saturated heterocycles. The molecule has 0 atom stereocenters. The first-order chi connectivity index (χ1) is 12.5. The number of nitrogens with one attached hydrogen (secondary N) is 1. The van der Waals surface area contributed by atoms with Crippen molar-refractivity contribution in [2.24, 2.45) is 5.73 Å². The number of nitrogens with zero attached hydrogens (tertiary/aromatic N) is 2. The molecule has 3 N–H and O–H groups in total. The number of carbonyl (C=O) groups is 2. The summed E-state index contributed by atoms with van der Waals surface area (Å²) in [5, 5.41) is 2.82. The predicted octanol–water partition coefficient (Wildman–Crippen LogP) is 1.31. The van der Waals surface area contributed by atoms with E-state index in [4.69, 9.17) is 10.2 Å². The molecule has 0 aliphatic carbocycles. The Morgan fingerprint density at radius 3 is 2.65 bits per heavy atom. The monoisotopic (exact) mass is 356 g/mol. The zero-order valence-electron chi connectivity index (χ0n) is 14.9. The van der Waals surface area contributed by atoms with Gasteiger partial charge in [0.25, 0.3) is 5.91 Å². The van der Waals surface area contributed by atoms with Crippen LogP contribution in [0.15, 0.2) is 41.0 Å². The van der Waals surface area contributed by atoms with E-state index in [9.17, 15) is 9.59 Å². The average Bonchev–Trinajstić information content (AvgIpc) is 3.12. The number of rotatable bonds is 5. The average molecular weight is 356 g/mol. The van der Waals surface area contributed by atoms with Crippen molar-refractivity contribution >= 4 is 17.5 Å². The molecule has 0 radical (unpaired) electrons. The molecule has 1 aromatic heterocycles. The Labute approximate surface area is 152 Å². The minimum Gasteiger partial charge on any atom is -0.467 e. The molecule has 7 heteroatoms. The van der Waals surface area contributed by atoms with Gasteiger partial charge in [0.15, 0.2) is 0 Å². The van der Waals surface area contributed by atoms with Crippen LogP contribution in [0.2, 0.25) is 0 Å². The molecule has 2 amide bonds. The number of furan rings is 1. The molecule has 1 aromatic carbocycles. The molecule has 2 aromatic rings. The highest BCUT2D eigenvalue weighted by atomic mass is 16.3. The Morgan fingerprint density at radius 1 is 1.19 bits per heavy atom. The third kappa shape index (κ3) is 4.50. The minimum absolute atomic E-state index is 0.115. The summed E-state index contributed by atoms with van der Waals surface area (Å²) in [6, 6.07) is 8.98. The van der Waals surface area contributed by atoms with Gasteiger partial charge in [-0.15, -0.1) is 0 Å². The maximum atomic E-state index is 12.5. The van der Waals surface area contributed by atoms with Gasteiger partial charge >= 0.3 is 0 Å². The summed E-state index contributed by atoms with van der Waals surface area (Å²) in [5.41, 5.74) is 7.43. The van der Waals surface area contributed by atoms with E-state index in [1.807, 2.05) is 23.1 Å². The largest absolute Gasteiger partial charge is 0.467 e. The van der Waals surface area contributed by atoms with E-state index in [-0.39, 0.29) is 18.4 Å². The summed E-state index contributed by atoms with van der Waals surface area (Å²) in [5.74, 6) is 0.404. The molecule has 26 heavy (non-hydrogen) atoms. The van der Waals surface area contributed by atoms with Crippen LogP contribution in [0.1, 0.15) is 21.7 Å². The number of carbonyl (C=O) groups excluding carboxylic acids is 2. The summed E-state index contributed by atoms with van der Waals surface area (Å²) in [4.78, 5) is 28.8. The van der Waals surface area contributed by atoms with Gasteiger partial charge in [0.05, 0.1) is 18.5 Å². The quantitative estimate of drug-likeness (QED) is 0.843. The van der Waals surface area contributed by atoms with Crippen molar-refractivity contribution in [3.63, 3.8) is 0 Å². The van der Waals surface area contributed by atoms with Gasteiger partial charge in [-0.3, -0.25) is 9.59 Å². The highest BCUT2D eigenvalue weighted by molar-refractivity contribution is 6.04. The molecule has 2 heterocycles. The fraction of sp³-hybridized carbons (Fsp3) is 0.368. The predicted molar refractivity (Wildman–Crippen MR) is 98.8 cm³/mol. The second-order valence-corrected chi connectivity index (χ2v) is 6.52. The van der Waals surface area contributed by atoms with Crippen LogP contribution in [-0.4, -0.2) is 54.8 Å². The molecule has 0 unspecified atom stereocenters. The van der Waals surface area contributed by atoms with Crippen LogP contribution in [0.3, 0.4) is 0 Å². The number of anilines is 1. The number of nitrogens with two attached hydrogens (primary N) is 1. The molecule has 138 valence electrons. The smallest absolute Gasteiger partial charge is 0.258 e. The van der Waals surface area contributed by atoms with Gasteiger partial charge in [-0.25, -0.2) is 0 Å². The number of likely N-dealkylation sites (N-methyl/N-ethyl adjacent to an activating group) is 1. The summed E-state index contributed by atoms with van der Waals surface area (Å²) >= 11 is 0. The number of benzene rings is 1. The van der Waals surface area contributed by atoms with E-state index in [1.165, 1.54) is 6.26 Å². The van der Waals surface area contributed by atoms with Crippen molar-refractivity contribution in [3.8, 4) is 0 Å². The standard InChI is InChI=1S/C19H24N4O3/c1-22-5-7-23(8-6-22)18(24)10-14-3-2-4-16(9-14)21-19(25)15-11-17(12-20)26-13-15/h2-4,9,11,13H,5-8,10,12,20H2,1H3,(H,21,25). The van der Waals surface area contributed by atoms with Crippen LogP contribution in [-0.2, 0) is 17.8 Å². The summed E-state index contributed by atoms with van der Waals surface area (Å²) < 4.78 is 5.18. The van der Waals surface area contributed by atoms with Gasteiger partial charge in [0, 0.05) is 31.9 Å². The van der Waals surface area contributed by atoms with Gasteiger partial charge < -0.3 is 25.3 Å². The first kappa shape index (κ1) is 18.2. The van der Waals surface area contributed by atoms with Crippen LogP contribution in [0, 0.1) is 0 Å². The van der Waals surface area contributed by atoms with Crippen molar-refractivity contribution < 1.29 is 14.0 Å². The molecule has 7 nitrogen and oxygen atoms in total. The molecule has 3 rings (SSSR count). The van der Waals surface area contributed by atoms with E-state index >= 15 is 0 Å². The van der Waals surface area contributed by atoms with Crippen molar-refractivity contribution in [2.45, 2.75) is 13.0 Å². The fourth-order valence-electron chi connectivity index (χ4n) is 2.91. The van der Waals surface area contributed by atoms with Crippen molar-refractivity contribution in [3.05, 3.63) is 53.5 Å². The highest BCUT2D eigenvalue weighted by Crippen LogP contribution is 2.15. The molecule has 1 fully saturated rings. The van der Waals surface area contributed by atoms with Crippen molar-refractivity contribution in [1.82, 2.24) is 9.80 Å². The van der Waals surface area contributed by atoms with E-state index in [0.717, 1.165) is 31.7 Å². The lowest BCUT2D eigenvalue weighted by Crippen LogP contribution is -2.47. The number of piperazine rings is 1. The Kier molecular flexibility index (Phi) is 5.70. The highest BCUT2D eigenvalue weighted by Gasteiger charge is 2.19. The van der Waals surface area contributed by atoms with E-state index in [2.05, 4.69) is 17.3 Å². The molecule has 0 saturated carbocycles. The maximum Gasteiger partial charge on any atom is 0.258 e. The van der Waals surface area contributed by atoms with E-state index in [0.29, 0.717) is 23.4 Å². The molecule has 1 aliphatic rings.